The Morgan fingerprint density at radius 1 is 1.35 bits per heavy atom. The number of hydrogen-bond acceptors (Lipinski definition) is 5. The lowest BCUT2D eigenvalue weighted by Gasteiger charge is -2.26. The van der Waals surface area contributed by atoms with Gasteiger partial charge in [0.2, 0.25) is 0 Å². The van der Waals surface area contributed by atoms with Gasteiger partial charge in [0, 0.05) is 24.8 Å². The molecule has 2 heterocycles. The molecule has 1 aromatic rings. The summed E-state index contributed by atoms with van der Waals surface area (Å²) in [6, 6.07) is 1.41. The second kappa shape index (κ2) is 6.33. The van der Waals surface area contributed by atoms with Gasteiger partial charge in [0.05, 0.1) is 13.2 Å². The van der Waals surface area contributed by atoms with E-state index in [2.05, 4.69) is 4.98 Å². The number of carbonyl (C=O) groups is 3. The van der Waals surface area contributed by atoms with Crippen LogP contribution in [0.15, 0.2) is 12.3 Å². The van der Waals surface area contributed by atoms with Crippen molar-refractivity contribution in [2.75, 3.05) is 32.9 Å². The van der Waals surface area contributed by atoms with Crippen molar-refractivity contribution in [3.8, 4) is 0 Å². The van der Waals surface area contributed by atoms with Gasteiger partial charge in [-0.15, -0.1) is 0 Å². The average Bonchev–Trinajstić information content (AvgIpc) is 2.95. The van der Waals surface area contributed by atoms with Crippen molar-refractivity contribution < 1.29 is 23.9 Å². The minimum absolute atomic E-state index is 0.148. The summed E-state index contributed by atoms with van der Waals surface area (Å²) >= 11 is 0. The molecular weight excluding hydrogens is 264 g/mol. The number of ether oxygens (including phenoxy) is 2. The topological polar surface area (TPSA) is 88.7 Å². The van der Waals surface area contributed by atoms with E-state index in [9.17, 15) is 14.4 Å². The van der Waals surface area contributed by atoms with Crippen molar-refractivity contribution in [3.05, 3.63) is 23.5 Å². The van der Waals surface area contributed by atoms with Crippen LogP contribution >= 0.6 is 0 Å². The maximum absolute atomic E-state index is 11.8. The number of ketones is 1. The van der Waals surface area contributed by atoms with E-state index in [-0.39, 0.29) is 24.0 Å². The number of Topliss-reactive ketones (excluding diaryl/α,β-unsaturated/α-hetero) is 1. The third kappa shape index (κ3) is 3.45. The maximum atomic E-state index is 11.8. The molecule has 0 radical (unpaired) electrons. The third-order valence-electron chi connectivity index (χ3n) is 3.00. The van der Waals surface area contributed by atoms with E-state index in [1.165, 1.54) is 19.2 Å². The number of aromatic amines is 1. The molecule has 7 heteroatoms. The van der Waals surface area contributed by atoms with Gasteiger partial charge < -0.3 is 19.4 Å². The van der Waals surface area contributed by atoms with Crippen LogP contribution in [0.5, 0.6) is 0 Å². The van der Waals surface area contributed by atoms with Gasteiger partial charge in [0.25, 0.3) is 5.91 Å². The van der Waals surface area contributed by atoms with E-state index in [0.717, 1.165) is 0 Å². The highest BCUT2D eigenvalue weighted by atomic mass is 16.5. The normalized spacial score (nSPS) is 14.9. The molecule has 108 valence electrons. The van der Waals surface area contributed by atoms with Crippen LogP contribution in [-0.4, -0.2) is 60.5 Å². The summed E-state index contributed by atoms with van der Waals surface area (Å²) in [6.45, 7) is 3.10. The Bertz CT molecular complexity index is 517. The second-order valence-corrected chi connectivity index (χ2v) is 4.43. The molecule has 1 fully saturated rings. The summed E-state index contributed by atoms with van der Waals surface area (Å²) in [5.41, 5.74) is 0.557. The zero-order valence-electron chi connectivity index (χ0n) is 11.2. The first-order chi connectivity index (χ1) is 9.58. The summed E-state index contributed by atoms with van der Waals surface area (Å²) in [5.74, 6) is -1.05. The van der Waals surface area contributed by atoms with Gasteiger partial charge in [0.15, 0.2) is 12.4 Å². The van der Waals surface area contributed by atoms with Crippen molar-refractivity contribution in [2.24, 2.45) is 0 Å². The number of amides is 1. The first-order valence-electron chi connectivity index (χ1n) is 6.30. The average molecular weight is 280 g/mol. The predicted octanol–water partition coefficient (Wildman–Crippen LogP) is 0.233. The Morgan fingerprint density at radius 2 is 2.05 bits per heavy atom. The molecular formula is C13H16N2O5. The third-order valence-corrected chi connectivity index (χ3v) is 3.00. The van der Waals surface area contributed by atoms with E-state index in [0.29, 0.717) is 31.9 Å². The van der Waals surface area contributed by atoms with Crippen LogP contribution in [0.4, 0.5) is 0 Å². The summed E-state index contributed by atoms with van der Waals surface area (Å²) in [7, 11) is 0. The van der Waals surface area contributed by atoms with Gasteiger partial charge in [-0.05, 0) is 13.0 Å². The SMILES string of the molecule is CC(=O)c1c[nH]c(C(=O)OCC(=O)N2CCOCC2)c1. The largest absolute Gasteiger partial charge is 0.451 e. The van der Waals surface area contributed by atoms with Crippen LogP contribution < -0.4 is 0 Å². The highest BCUT2D eigenvalue weighted by Crippen LogP contribution is 2.06. The van der Waals surface area contributed by atoms with Gasteiger partial charge >= 0.3 is 5.97 Å². The van der Waals surface area contributed by atoms with E-state index >= 15 is 0 Å². The van der Waals surface area contributed by atoms with Crippen LogP contribution in [0.25, 0.3) is 0 Å². The van der Waals surface area contributed by atoms with Crippen LogP contribution in [0.2, 0.25) is 0 Å². The Kier molecular flexibility index (Phi) is 4.52. The van der Waals surface area contributed by atoms with Crippen LogP contribution in [0.3, 0.4) is 0 Å². The fourth-order valence-corrected chi connectivity index (χ4v) is 1.82. The molecule has 1 N–H and O–H groups in total. The maximum Gasteiger partial charge on any atom is 0.355 e. The smallest absolute Gasteiger partial charge is 0.355 e. The number of H-pyrrole nitrogens is 1. The molecule has 1 amide bonds. The van der Waals surface area contributed by atoms with Crippen molar-refractivity contribution in [1.82, 2.24) is 9.88 Å². The lowest BCUT2D eigenvalue weighted by molar-refractivity contribution is -0.138. The lowest BCUT2D eigenvalue weighted by Crippen LogP contribution is -2.42. The zero-order valence-corrected chi connectivity index (χ0v) is 11.2. The van der Waals surface area contributed by atoms with Gasteiger partial charge in [0.1, 0.15) is 5.69 Å². The summed E-state index contributed by atoms with van der Waals surface area (Å²) in [6.07, 6.45) is 1.43. The van der Waals surface area contributed by atoms with Gasteiger partial charge in [-0.25, -0.2) is 4.79 Å². The quantitative estimate of drug-likeness (QED) is 0.630. The minimum Gasteiger partial charge on any atom is -0.451 e. The summed E-state index contributed by atoms with van der Waals surface area (Å²) < 4.78 is 10.1. The fraction of sp³-hybridized carbons (Fsp3) is 0.462. The number of carbonyl (C=O) groups excluding carboxylic acids is 3. The van der Waals surface area contributed by atoms with E-state index in [4.69, 9.17) is 9.47 Å². The van der Waals surface area contributed by atoms with Crippen LogP contribution in [-0.2, 0) is 14.3 Å². The standard InChI is InChI=1S/C13H16N2O5/c1-9(16)10-6-11(14-7-10)13(18)20-8-12(17)15-2-4-19-5-3-15/h6-7,14H,2-5,8H2,1H3. The number of nitrogens with zero attached hydrogens (tertiary/aromatic N) is 1. The van der Waals surface area contributed by atoms with E-state index < -0.39 is 5.97 Å². The molecule has 1 aromatic heterocycles. The molecule has 0 saturated carbocycles. The Hall–Kier alpha value is -2.15. The highest BCUT2D eigenvalue weighted by Gasteiger charge is 2.19. The molecule has 0 aromatic carbocycles. The molecule has 1 saturated heterocycles. The Balaban J connectivity index is 1.84. The monoisotopic (exact) mass is 280 g/mol. The fourth-order valence-electron chi connectivity index (χ4n) is 1.82. The van der Waals surface area contributed by atoms with Crippen molar-refractivity contribution in [1.29, 1.82) is 0 Å². The highest BCUT2D eigenvalue weighted by molar-refractivity contribution is 5.97. The zero-order chi connectivity index (χ0) is 14.5. The number of aromatic nitrogens is 1. The molecule has 2 rings (SSSR count). The lowest BCUT2D eigenvalue weighted by atomic mass is 10.2. The number of hydrogen-bond donors (Lipinski definition) is 1. The molecule has 0 aliphatic carbocycles. The van der Waals surface area contributed by atoms with Gasteiger partial charge in [-0.2, -0.15) is 0 Å². The molecule has 0 spiro atoms. The first kappa shape index (κ1) is 14.3. The molecule has 0 bridgehead atoms. The molecule has 0 unspecified atom stereocenters. The molecule has 1 aliphatic heterocycles. The minimum atomic E-state index is -0.654. The number of esters is 1. The van der Waals surface area contributed by atoms with Crippen molar-refractivity contribution >= 4 is 17.7 Å². The molecule has 7 nitrogen and oxygen atoms in total. The number of rotatable bonds is 4. The first-order valence-corrected chi connectivity index (χ1v) is 6.30. The molecule has 20 heavy (non-hydrogen) atoms. The second-order valence-electron chi connectivity index (χ2n) is 4.43. The Labute approximate surface area is 115 Å². The predicted molar refractivity (Wildman–Crippen MR) is 68.5 cm³/mol. The van der Waals surface area contributed by atoms with E-state index in [1.807, 2.05) is 0 Å². The van der Waals surface area contributed by atoms with Crippen LogP contribution in [0.1, 0.15) is 27.8 Å². The molecule has 1 aliphatic rings. The Morgan fingerprint density at radius 3 is 2.65 bits per heavy atom. The van der Waals surface area contributed by atoms with Gasteiger partial charge in [-0.3, -0.25) is 9.59 Å². The summed E-state index contributed by atoms with van der Waals surface area (Å²) in [4.78, 5) is 38.8. The van der Waals surface area contributed by atoms with Crippen molar-refractivity contribution in [3.63, 3.8) is 0 Å². The summed E-state index contributed by atoms with van der Waals surface area (Å²) in [5, 5.41) is 0. The van der Waals surface area contributed by atoms with E-state index in [1.54, 1.807) is 4.90 Å². The van der Waals surface area contributed by atoms with Crippen LogP contribution in [0, 0.1) is 0 Å². The number of nitrogens with one attached hydrogen (secondary N) is 1. The van der Waals surface area contributed by atoms with Crippen molar-refractivity contribution in [2.45, 2.75) is 6.92 Å². The number of morpholine rings is 1. The van der Waals surface area contributed by atoms with Gasteiger partial charge in [-0.1, -0.05) is 0 Å². The molecule has 0 atom stereocenters.